The van der Waals surface area contributed by atoms with Crippen molar-refractivity contribution in [2.45, 2.75) is 32.9 Å². The molecule has 1 atom stereocenters. The van der Waals surface area contributed by atoms with Crippen molar-refractivity contribution >= 4 is 20.7 Å². The maximum absolute atomic E-state index is 11.9. The van der Waals surface area contributed by atoms with Gasteiger partial charge in [-0.1, -0.05) is 48.5 Å². The smallest absolute Gasteiger partial charge is 0.407 e. The van der Waals surface area contributed by atoms with Crippen LogP contribution >= 0.6 is 8.61 Å². The molecule has 1 amide bonds. The maximum Gasteiger partial charge on any atom is 0.407 e. The molecule has 0 saturated heterocycles. The molecular formula is C21H25N2O6P. The van der Waals surface area contributed by atoms with Crippen LogP contribution in [0.15, 0.2) is 54.6 Å². The number of hydrogen-bond acceptors (Lipinski definition) is 6. The second kappa shape index (κ2) is 12.6. The molecule has 0 aliphatic heterocycles. The number of carbonyl (C=O) groups excluding carboxylic acids is 2. The highest BCUT2D eigenvalue weighted by Gasteiger charge is 2.26. The van der Waals surface area contributed by atoms with E-state index in [-0.39, 0.29) is 13.2 Å². The molecule has 0 spiro atoms. The van der Waals surface area contributed by atoms with E-state index in [9.17, 15) is 14.2 Å². The third-order valence-corrected chi connectivity index (χ3v) is 4.67. The molecule has 9 heteroatoms. The van der Waals surface area contributed by atoms with Gasteiger partial charge in [0.25, 0.3) is 8.61 Å². The van der Waals surface area contributed by atoms with E-state index in [2.05, 4.69) is 5.32 Å². The Morgan fingerprint density at radius 1 is 1.07 bits per heavy atom. The summed E-state index contributed by atoms with van der Waals surface area (Å²) in [6.07, 6.45) is -0.0681. The Morgan fingerprint density at radius 2 is 1.77 bits per heavy atom. The number of benzene rings is 2. The molecule has 0 saturated carbocycles. The SMILES string of the molecule is CCOC(=O)[C@H](C)N(Oc1ccccc1CCNC(=O)OCc1ccccc1)P=O. The second-order valence-corrected chi connectivity index (χ2v) is 6.81. The van der Waals surface area contributed by atoms with Crippen LogP contribution in [0.4, 0.5) is 4.79 Å². The van der Waals surface area contributed by atoms with Crippen LogP contribution in [0.1, 0.15) is 25.0 Å². The normalized spacial score (nSPS) is 11.7. The zero-order chi connectivity index (χ0) is 21.8. The molecule has 2 aromatic rings. The van der Waals surface area contributed by atoms with Gasteiger partial charge in [-0.05, 0) is 42.3 Å². The van der Waals surface area contributed by atoms with Gasteiger partial charge in [0, 0.05) is 6.54 Å². The monoisotopic (exact) mass is 432 g/mol. The van der Waals surface area contributed by atoms with Gasteiger partial charge in [0.1, 0.15) is 6.61 Å². The fourth-order valence-corrected chi connectivity index (χ4v) is 2.85. The van der Waals surface area contributed by atoms with Crippen molar-refractivity contribution in [1.29, 1.82) is 0 Å². The third kappa shape index (κ3) is 7.46. The molecule has 0 bridgehead atoms. The van der Waals surface area contributed by atoms with Gasteiger partial charge >= 0.3 is 12.1 Å². The van der Waals surface area contributed by atoms with Crippen molar-refractivity contribution in [2.24, 2.45) is 0 Å². The molecule has 0 radical (unpaired) electrons. The Balaban J connectivity index is 1.87. The standard InChI is InChI=1S/C21H25N2O6P/c1-3-27-20(24)16(2)23(30-26)29-19-12-8-7-11-18(19)13-14-22-21(25)28-15-17-9-5-4-6-10-17/h4-12,16H,3,13-15H2,1-2H3,(H,22,25)/t16-/m0/s1. The molecule has 2 rings (SSSR count). The summed E-state index contributed by atoms with van der Waals surface area (Å²) in [6.45, 7) is 3.95. The van der Waals surface area contributed by atoms with E-state index in [0.29, 0.717) is 18.7 Å². The molecule has 0 fully saturated rings. The van der Waals surface area contributed by atoms with Crippen molar-refractivity contribution < 1.29 is 28.5 Å². The van der Waals surface area contributed by atoms with Crippen LogP contribution < -0.4 is 10.2 Å². The fraction of sp³-hybridized carbons (Fsp3) is 0.333. The summed E-state index contributed by atoms with van der Waals surface area (Å²) in [6, 6.07) is 15.6. The molecule has 8 nitrogen and oxygen atoms in total. The average Bonchev–Trinajstić information content (AvgIpc) is 2.77. The van der Waals surface area contributed by atoms with Crippen molar-refractivity contribution in [2.75, 3.05) is 13.2 Å². The number of carbonyl (C=O) groups is 2. The number of hydrogen-bond donors (Lipinski definition) is 1. The molecule has 0 aliphatic rings. The first kappa shape index (κ1) is 23.3. The molecule has 0 unspecified atom stereocenters. The van der Waals surface area contributed by atoms with Crippen LogP contribution in [0.3, 0.4) is 0 Å². The van der Waals surface area contributed by atoms with Crippen molar-refractivity contribution in [3.63, 3.8) is 0 Å². The Labute approximate surface area is 177 Å². The van der Waals surface area contributed by atoms with Gasteiger partial charge in [0.05, 0.1) is 6.61 Å². The molecule has 0 heterocycles. The summed E-state index contributed by atoms with van der Waals surface area (Å²) in [5, 5.41) is 2.69. The minimum Gasteiger partial charge on any atom is -0.465 e. The Morgan fingerprint density at radius 3 is 2.47 bits per heavy atom. The Bertz CT molecular complexity index is 833. The lowest BCUT2D eigenvalue weighted by Gasteiger charge is -2.21. The van der Waals surface area contributed by atoms with Crippen LogP contribution in [0, 0.1) is 0 Å². The van der Waals surface area contributed by atoms with Crippen LogP contribution in [0.25, 0.3) is 0 Å². The lowest BCUT2D eigenvalue weighted by molar-refractivity contribution is -0.153. The van der Waals surface area contributed by atoms with Gasteiger partial charge in [-0.2, -0.15) is 0 Å². The van der Waals surface area contributed by atoms with Gasteiger partial charge in [-0.3, -0.25) is 9.36 Å². The maximum atomic E-state index is 11.9. The van der Waals surface area contributed by atoms with E-state index in [4.69, 9.17) is 14.3 Å². The number of nitrogens with zero attached hydrogens (tertiary/aromatic N) is 1. The van der Waals surface area contributed by atoms with Gasteiger partial charge in [0.15, 0.2) is 11.8 Å². The second-order valence-electron chi connectivity index (χ2n) is 6.25. The van der Waals surface area contributed by atoms with Gasteiger partial charge in [-0.25, -0.2) is 4.79 Å². The summed E-state index contributed by atoms with van der Waals surface area (Å²) in [7, 11) is -0.479. The third-order valence-electron chi connectivity index (χ3n) is 4.08. The zero-order valence-corrected chi connectivity index (χ0v) is 17.8. The van der Waals surface area contributed by atoms with E-state index in [1.807, 2.05) is 42.5 Å². The number of hydroxylamine groups is 1. The largest absolute Gasteiger partial charge is 0.465 e. The molecule has 30 heavy (non-hydrogen) atoms. The molecule has 0 aromatic heterocycles. The number of esters is 1. The van der Waals surface area contributed by atoms with E-state index < -0.39 is 26.7 Å². The molecule has 2 aromatic carbocycles. The highest BCUT2D eigenvalue weighted by atomic mass is 31.1. The first-order chi connectivity index (χ1) is 14.5. The quantitative estimate of drug-likeness (QED) is 0.327. The summed E-state index contributed by atoms with van der Waals surface area (Å²) in [4.78, 5) is 30.4. The van der Waals surface area contributed by atoms with Crippen molar-refractivity contribution in [3.05, 3.63) is 65.7 Å². The number of rotatable bonds is 11. The lowest BCUT2D eigenvalue weighted by Crippen LogP contribution is -2.36. The summed E-state index contributed by atoms with van der Waals surface area (Å²) >= 11 is 0. The van der Waals surface area contributed by atoms with Crippen molar-refractivity contribution in [3.8, 4) is 5.75 Å². The molecule has 160 valence electrons. The number of alkyl carbamates (subject to hydrolysis) is 1. The lowest BCUT2D eigenvalue weighted by atomic mass is 10.1. The first-order valence-electron chi connectivity index (χ1n) is 9.54. The molecular weight excluding hydrogens is 407 g/mol. The van der Waals surface area contributed by atoms with Crippen LogP contribution in [0.2, 0.25) is 0 Å². The average molecular weight is 432 g/mol. The summed E-state index contributed by atoms with van der Waals surface area (Å²) in [5.41, 5.74) is 1.67. The van der Waals surface area contributed by atoms with Gasteiger partial charge in [-0.15, -0.1) is 0 Å². The minimum atomic E-state index is -0.858. The van der Waals surface area contributed by atoms with Gasteiger partial charge in [0.2, 0.25) is 0 Å². The van der Waals surface area contributed by atoms with E-state index in [0.717, 1.165) is 16.0 Å². The summed E-state index contributed by atoms with van der Waals surface area (Å²) < 4.78 is 21.6. The first-order valence-corrected chi connectivity index (χ1v) is 10.3. The summed E-state index contributed by atoms with van der Waals surface area (Å²) in [5.74, 6) is -0.113. The zero-order valence-electron chi connectivity index (χ0n) is 16.9. The topological polar surface area (TPSA) is 94.2 Å². The Hall–Kier alpha value is -2.96. The van der Waals surface area contributed by atoms with Gasteiger partial charge < -0.3 is 19.6 Å². The predicted octanol–water partition coefficient (Wildman–Crippen LogP) is 3.91. The number of amides is 1. The van der Waals surface area contributed by atoms with Crippen LogP contribution in [-0.4, -0.2) is 36.1 Å². The number of nitrogens with one attached hydrogen (secondary N) is 1. The van der Waals surface area contributed by atoms with E-state index in [1.165, 1.54) is 6.92 Å². The number of para-hydroxylation sites is 1. The van der Waals surface area contributed by atoms with Crippen molar-refractivity contribution in [1.82, 2.24) is 10.2 Å². The van der Waals surface area contributed by atoms with E-state index in [1.54, 1.807) is 19.1 Å². The Kier molecular flexibility index (Phi) is 9.77. The number of ether oxygens (including phenoxy) is 2. The van der Waals surface area contributed by atoms with Crippen LogP contribution in [0.5, 0.6) is 5.75 Å². The predicted molar refractivity (Wildman–Crippen MR) is 111 cm³/mol. The van der Waals surface area contributed by atoms with E-state index >= 15 is 0 Å². The fourth-order valence-electron chi connectivity index (χ4n) is 2.49. The highest BCUT2D eigenvalue weighted by molar-refractivity contribution is 7.20. The van der Waals surface area contributed by atoms with Crippen LogP contribution in [-0.2, 0) is 31.9 Å². The highest BCUT2D eigenvalue weighted by Crippen LogP contribution is 2.23. The molecule has 0 aliphatic carbocycles. The molecule has 1 N–H and O–H groups in total. The minimum absolute atomic E-state index is 0.190.